The molecule has 0 bridgehead atoms. The molecule has 3 heterocycles. The number of piperidine rings is 1. The molecule has 1 amide bonds. The van der Waals surface area contributed by atoms with Gasteiger partial charge in [-0.15, -0.1) is 0 Å². The fourth-order valence-corrected chi connectivity index (χ4v) is 6.22. The van der Waals surface area contributed by atoms with E-state index in [9.17, 15) is 9.59 Å². The molecular formula is C29H28ClN3O2. The van der Waals surface area contributed by atoms with E-state index < -0.39 is 5.91 Å². The molecule has 3 aliphatic heterocycles. The van der Waals surface area contributed by atoms with E-state index >= 15 is 0 Å². The molecule has 0 saturated carbocycles. The van der Waals surface area contributed by atoms with Gasteiger partial charge in [-0.05, 0) is 73.8 Å². The lowest BCUT2D eigenvalue weighted by Crippen LogP contribution is -2.45. The largest absolute Gasteiger partial charge is 0.337 e. The van der Waals surface area contributed by atoms with Gasteiger partial charge in [0.1, 0.15) is 0 Å². The number of amides is 1. The number of para-hydroxylation sites is 2. The summed E-state index contributed by atoms with van der Waals surface area (Å²) in [7, 11) is 0. The summed E-state index contributed by atoms with van der Waals surface area (Å²) in [6.45, 7) is 3.63. The molecule has 0 N–H and O–H groups in total. The highest BCUT2D eigenvalue weighted by Crippen LogP contribution is 2.49. The standard InChI is InChI=1S/C29H28ClN3O2/c30-20-12-13-26-23(18-20)24-19-31(17-14-27(24)33(26)21-8-2-1-3-9-21)15-6-7-16-32-25-11-5-4-10-22(25)28(34)29(32)35/h1-5,8-13,18,24,27H,6-7,14-17,19H2/t24-,27+/m0/s1. The van der Waals surface area contributed by atoms with Gasteiger partial charge in [0.2, 0.25) is 0 Å². The first-order valence-corrected chi connectivity index (χ1v) is 12.8. The van der Waals surface area contributed by atoms with Crippen molar-refractivity contribution in [3.8, 4) is 0 Å². The molecule has 0 aliphatic carbocycles. The second-order valence-corrected chi connectivity index (χ2v) is 10.1. The van der Waals surface area contributed by atoms with Gasteiger partial charge in [0.05, 0.1) is 11.3 Å². The van der Waals surface area contributed by atoms with Gasteiger partial charge in [-0.1, -0.05) is 41.9 Å². The van der Waals surface area contributed by atoms with E-state index in [2.05, 4.69) is 52.3 Å². The number of Topliss-reactive ketones (excluding diaryl/α,β-unsaturated/α-hetero) is 1. The summed E-state index contributed by atoms with van der Waals surface area (Å²) in [6.07, 6.45) is 2.96. The highest BCUT2D eigenvalue weighted by Gasteiger charge is 2.42. The number of hydrogen-bond acceptors (Lipinski definition) is 4. The Morgan fingerprint density at radius 3 is 2.49 bits per heavy atom. The van der Waals surface area contributed by atoms with Gasteiger partial charge < -0.3 is 14.7 Å². The van der Waals surface area contributed by atoms with Crippen LogP contribution < -0.4 is 9.80 Å². The number of ketones is 1. The van der Waals surface area contributed by atoms with Crippen molar-refractivity contribution in [2.24, 2.45) is 0 Å². The van der Waals surface area contributed by atoms with Crippen LogP contribution in [0.5, 0.6) is 0 Å². The van der Waals surface area contributed by atoms with Gasteiger partial charge in [0.15, 0.2) is 0 Å². The quantitative estimate of drug-likeness (QED) is 0.334. The smallest absolute Gasteiger partial charge is 0.299 e. The van der Waals surface area contributed by atoms with E-state index in [1.807, 2.05) is 24.3 Å². The molecule has 0 spiro atoms. The fourth-order valence-electron chi connectivity index (χ4n) is 6.04. The Labute approximate surface area is 210 Å². The number of halogens is 1. The van der Waals surface area contributed by atoms with Crippen LogP contribution in [0.4, 0.5) is 17.1 Å². The molecule has 35 heavy (non-hydrogen) atoms. The maximum absolute atomic E-state index is 12.4. The van der Waals surface area contributed by atoms with E-state index in [1.54, 1.807) is 11.0 Å². The molecule has 3 aromatic carbocycles. The molecule has 2 atom stereocenters. The highest BCUT2D eigenvalue weighted by molar-refractivity contribution is 6.52. The summed E-state index contributed by atoms with van der Waals surface area (Å²) in [5.41, 5.74) is 5.13. The fraction of sp³-hybridized carbons (Fsp3) is 0.310. The molecule has 3 aromatic rings. The van der Waals surface area contributed by atoms with Crippen LogP contribution in [0, 0.1) is 0 Å². The topological polar surface area (TPSA) is 43.9 Å². The Balaban J connectivity index is 1.11. The minimum absolute atomic E-state index is 0.385. The van der Waals surface area contributed by atoms with Crippen molar-refractivity contribution in [3.05, 3.63) is 88.9 Å². The molecule has 6 heteroatoms. The lowest BCUT2D eigenvalue weighted by molar-refractivity contribution is -0.114. The number of anilines is 3. The third-order valence-electron chi connectivity index (χ3n) is 7.66. The zero-order chi connectivity index (χ0) is 23.9. The molecule has 6 rings (SSSR count). The normalized spacial score (nSPS) is 21.3. The molecule has 3 aliphatic rings. The third kappa shape index (κ3) is 3.93. The first kappa shape index (κ1) is 22.3. The summed E-state index contributed by atoms with van der Waals surface area (Å²) >= 11 is 6.42. The van der Waals surface area contributed by atoms with Crippen LogP contribution in [0.15, 0.2) is 72.8 Å². The Bertz CT molecular complexity index is 1280. The summed E-state index contributed by atoms with van der Waals surface area (Å²) < 4.78 is 0. The van der Waals surface area contributed by atoms with Crippen LogP contribution in [0.25, 0.3) is 0 Å². The molecule has 0 aromatic heterocycles. The monoisotopic (exact) mass is 485 g/mol. The summed E-state index contributed by atoms with van der Waals surface area (Å²) in [4.78, 5) is 31.4. The van der Waals surface area contributed by atoms with Crippen LogP contribution >= 0.6 is 11.6 Å². The molecular weight excluding hydrogens is 458 g/mol. The number of benzene rings is 3. The predicted octanol–water partition coefficient (Wildman–Crippen LogP) is 5.66. The summed E-state index contributed by atoms with van der Waals surface area (Å²) in [6, 6.07) is 24.7. The van der Waals surface area contributed by atoms with Crippen molar-refractivity contribution in [1.82, 2.24) is 4.90 Å². The SMILES string of the molecule is O=C1C(=O)N(CCCCN2CC[C@@H]3[C@@H](C2)c2cc(Cl)ccc2N3c2ccccc2)c2ccccc21. The lowest BCUT2D eigenvalue weighted by atomic mass is 9.89. The summed E-state index contributed by atoms with van der Waals surface area (Å²) in [5.74, 6) is -0.362. The van der Waals surface area contributed by atoms with Crippen LogP contribution in [0.3, 0.4) is 0 Å². The Morgan fingerprint density at radius 1 is 0.857 bits per heavy atom. The Kier molecular flexibility index (Phi) is 5.83. The van der Waals surface area contributed by atoms with Crippen molar-refractivity contribution in [1.29, 1.82) is 0 Å². The van der Waals surface area contributed by atoms with Crippen molar-refractivity contribution < 1.29 is 9.59 Å². The van der Waals surface area contributed by atoms with E-state index in [-0.39, 0.29) is 5.78 Å². The van der Waals surface area contributed by atoms with Crippen molar-refractivity contribution in [2.75, 3.05) is 36.0 Å². The van der Waals surface area contributed by atoms with Crippen LogP contribution in [0.2, 0.25) is 5.02 Å². The second-order valence-electron chi connectivity index (χ2n) is 9.68. The van der Waals surface area contributed by atoms with Crippen molar-refractivity contribution >= 4 is 40.4 Å². The van der Waals surface area contributed by atoms with Gasteiger partial charge in [0, 0.05) is 48.0 Å². The first-order valence-electron chi connectivity index (χ1n) is 12.4. The average molecular weight is 486 g/mol. The zero-order valence-corrected chi connectivity index (χ0v) is 20.3. The van der Waals surface area contributed by atoms with Gasteiger partial charge in [-0.25, -0.2) is 0 Å². The Morgan fingerprint density at radius 2 is 1.63 bits per heavy atom. The van der Waals surface area contributed by atoms with E-state index in [1.165, 1.54) is 16.9 Å². The number of nitrogens with zero attached hydrogens (tertiary/aromatic N) is 3. The number of hydrogen-bond donors (Lipinski definition) is 0. The van der Waals surface area contributed by atoms with Crippen LogP contribution in [-0.2, 0) is 4.79 Å². The van der Waals surface area contributed by atoms with Crippen molar-refractivity contribution in [3.63, 3.8) is 0 Å². The number of rotatable bonds is 6. The van der Waals surface area contributed by atoms with Crippen LogP contribution in [0.1, 0.15) is 41.1 Å². The molecule has 0 radical (unpaired) electrons. The van der Waals surface area contributed by atoms with E-state index in [4.69, 9.17) is 11.6 Å². The van der Waals surface area contributed by atoms with Gasteiger partial charge in [-0.2, -0.15) is 0 Å². The van der Waals surface area contributed by atoms with Crippen molar-refractivity contribution in [2.45, 2.75) is 31.2 Å². The minimum atomic E-state index is -0.396. The van der Waals surface area contributed by atoms with Gasteiger partial charge in [0.25, 0.3) is 11.7 Å². The van der Waals surface area contributed by atoms with E-state index in [0.717, 1.165) is 49.6 Å². The number of carbonyl (C=O) groups is 2. The number of unbranched alkanes of at least 4 members (excludes halogenated alkanes) is 1. The Hall–Kier alpha value is -3.15. The second kappa shape index (κ2) is 9.14. The highest BCUT2D eigenvalue weighted by atomic mass is 35.5. The lowest BCUT2D eigenvalue weighted by Gasteiger charge is -2.39. The molecule has 1 fully saturated rings. The third-order valence-corrected chi connectivity index (χ3v) is 7.90. The zero-order valence-electron chi connectivity index (χ0n) is 19.6. The maximum atomic E-state index is 12.4. The maximum Gasteiger partial charge on any atom is 0.299 e. The molecule has 0 unspecified atom stereocenters. The summed E-state index contributed by atoms with van der Waals surface area (Å²) in [5, 5.41) is 0.791. The first-order chi connectivity index (χ1) is 17.1. The average Bonchev–Trinajstić information content (AvgIpc) is 3.33. The number of fused-ring (bicyclic) bond motifs is 4. The van der Waals surface area contributed by atoms with Crippen LogP contribution in [-0.4, -0.2) is 48.8 Å². The molecule has 1 saturated heterocycles. The number of carbonyl (C=O) groups excluding carboxylic acids is 2. The van der Waals surface area contributed by atoms with E-state index in [0.29, 0.717) is 24.1 Å². The van der Waals surface area contributed by atoms with Gasteiger partial charge >= 0.3 is 0 Å². The predicted molar refractivity (Wildman–Crippen MR) is 140 cm³/mol. The number of likely N-dealkylation sites (tertiary alicyclic amines) is 1. The molecule has 5 nitrogen and oxygen atoms in total. The molecule has 178 valence electrons. The van der Waals surface area contributed by atoms with Gasteiger partial charge in [-0.3, -0.25) is 9.59 Å². The minimum Gasteiger partial charge on any atom is -0.337 e.